The van der Waals surface area contributed by atoms with Crippen LogP contribution in [0, 0.1) is 10.1 Å². The molecule has 1 heterocycles. The number of benzene rings is 3. The number of rotatable bonds is 9. The van der Waals surface area contributed by atoms with Crippen LogP contribution < -0.4 is 16.0 Å². The summed E-state index contributed by atoms with van der Waals surface area (Å²) in [5.41, 5.74) is 1.35. The molecule has 0 radical (unpaired) electrons. The largest absolute Gasteiger partial charge is 0.324 e. The summed E-state index contributed by atoms with van der Waals surface area (Å²) in [5, 5.41) is 19.5. The van der Waals surface area contributed by atoms with Crippen LogP contribution in [0.25, 0.3) is 0 Å². The number of hydrogen-bond acceptors (Lipinski definition) is 10. The van der Waals surface area contributed by atoms with Crippen LogP contribution in [-0.2, 0) is 14.6 Å². The Balaban J connectivity index is 1.51. The number of nitrogens with one attached hydrogen (secondary N) is 3. The Morgan fingerprint density at radius 2 is 1.46 bits per heavy atom. The number of nitro groups is 1. The predicted molar refractivity (Wildman–Crippen MR) is 137 cm³/mol. The lowest BCUT2D eigenvalue weighted by atomic mass is 10.2. The van der Waals surface area contributed by atoms with Crippen molar-refractivity contribution < 1.29 is 18.1 Å². The number of hydrogen-bond donors (Lipinski definition) is 3. The molecular formula is C24H19N7O5S. The normalized spacial score (nSPS) is 10.8. The van der Waals surface area contributed by atoms with E-state index >= 15 is 0 Å². The molecule has 4 aromatic rings. The van der Waals surface area contributed by atoms with E-state index in [2.05, 4.69) is 37.5 Å². The number of aromatic nitrogens is 3. The maximum Gasteiger partial charge on any atom is 0.269 e. The van der Waals surface area contributed by atoms with E-state index in [0.717, 1.165) is 18.2 Å². The van der Waals surface area contributed by atoms with Gasteiger partial charge in [0.15, 0.2) is 0 Å². The van der Waals surface area contributed by atoms with E-state index in [1.165, 1.54) is 30.6 Å². The maximum absolute atomic E-state index is 13.0. The van der Waals surface area contributed by atoms with Gasteiger partial charge in [-0.05, 0) is 54.6 Å². The lowest BCUT2D eigenvalue weighted by molar-refractivity contribution is -0.384. The Labute approximate surface area is 211 Å². The molecule has 13 heteroatoms. The smallest absolute Gasteiger partial charge is 0.269 e. The lowest BCUT2D eigenvalue weighted by Gasteiger charge is -2.10. The highest BCUT2D eigenvalue weighted by atomic mass is 32.2. The molecule has 12 nitrogen and oxygen atoms in total. The van der Waals surface area contributed by atoms with Crippen LogP contribution in [0.1, 0.15) is 0 Å². The minimum atomic E-state index is -3.92. The molecule has 0 saturated heterocycles. The summed E-state index contributed by atoms with van der Waals surface area (Å²) >= 11 is 0. The van der Waals surface area contributed by atoms with E-state index in [0.29, 0.717) is 17.1 Å². The molecule has 0 bridgehead atoms. The monoisotopic (exact) mass is 517 g/mol. The zero-order chi connectivity index (χ0) is 26.4. The first-order chi connectivity index (χ1) is 17.7. The van der Waals surface area contributed by atoms with E-state index in [1.54, 1.807) is 36.4 Å². The third-order valence-electron chi connectivity index (χ3n) is 4.90. The molecule has 0 spiro atoms. The van der Waals surface area contributed by atoms with Crippen LogP contribution in [0.2, 0.25) is 0 Å². The number of sulfone groups is 1. The summed E-state index contributed by atoms with van der Waals surface area (Å²) in [7, 11) is -3.92. The van der Waals surface area contributed by atoms with Gasteiger partial charge in [0.05, 0.1) is 14.7 Å². The van der Waals surface area contributed by atoms with Crippen LogP contribution in [0.3, 0.4) is 0 Å². The van der Waals surface area contributed by atoms with Gasteiger partial charge in [0.2, 0.25) is 27.6 Å². The Bertz CT molecular complexity index is 1590. The zero-order valence-electron chi connectivity index (χ0n) is 19.0. The SMILES string of the molecule is C=CC(=O)Nc1cccc(Nc2ncnc(Nc3cccc(S(=O)(=O)c4ccc([N+](=O)[O-])cc4)c3)n2)c1. The summed E-state index contributed by atoms with van der Waals surface area (Å²) in [5.74, 6) is 0.0134. The summed E-state index contributed by atoms with van der Waals surface area (Å²) < 4.78 is 26.0. The van der Waals surface area contributed by atoms with E-state index in [4.69, 9.17) is 0 Å². The molecule has 0 unspecified atom stereocenters. The van der Waals surface area contributed by atoms with Crippen molar-refractivity contribution in [2.45, 2.75) is 9.79 Å². The van der Waals surface area contributed by atoms with Crippen molar-refractivity contribution in [3.05, 3.63) is 102 Å². The van der Waals surface area contributed by atoms with Gasteiger partial charge in [0, 0.05) is 29.2 Å². The average molecular weight is 518 g/mol. The van der Waals surface area contributed by atoms with Crippen molar-refractivity contribution in [3.63, 3.8) is 0 Å². The van der Waals surface area contributed by atoms with E-state index < -0.39 is 14.8 Å². The van der Waals surface area contributed by atoms with Crippen molar-refractivity contribution in [2.75, 3.05) is 16.0 Å². The molecule has 0 aliphatic rings. The molecule has 0 saturated carbocycles. The van der Waals surface area contributed by atoms with Gasteiger partial charge in [-0.2, -0.15) is 4.98 Å². The second-order valence-electron chi connectivity index (χ2n) is 7.44. The van der Waals surface area contributed by atoms with Gasteiger partial charge in [-0.1, -0.05) is 18.7 Å². The predicted octanol–water partition coefficient (Wildman–Crippen LogP) is 4.22. The van der Waals surface area contributed by atoms with Gasteiger partial charge < -0.3 is 16.0 Å². The number of non-ortho nitro benzene ring substituents is 1. The highest BCUT2D eigenvalue weighted by Gasteiger charge is 2.19. The van der Waals surface area contributed by atoms with Gasteiger partial charge >= 0.3 is 0 Å². The minimum absolute atomic E-state index is 0.0165. The summed E-state index contributed by atoms with van der Waals surface area (Å²) in [6.07, 6.45) is 2.44. The van der Waals surface area contributed by atoms with Crippen LogP contribution >= 0.6 is 0 Å². The van der Waals surface area contributed by atoms with E-state index in [1.807, 2.05) is 0 Å². The highest BCUT2D eigenvalue weighted by molar-refractivity contribution is 7.91. The molecule has 0 aliphatic carbocycles. The molecule has 186 valence electrons. The van der Waals surface area contributed by atoms with Gasteiger partial charge in [-0.25, -0.2) is 18.4 Å². The van der Waals surface area contributed by atoms with Crippen molar-refractivity contribution in [1.29, 1.82) is 0 Å². The number of carbonyl (C=O) groups is 1. The van der Waals surface area contributed by atoms with Crippen molar-refractivity contribution >= 4 is 50.4 Å². The van der Waals surface area contributed by atoms with Gasteiger partial charge in [0.25, 0.3) is 5.69 Å². The van der Waals surface area contributed by atoms with Crippen molar-refractivity contribution in [1.82, 2.24) is 15.0 Å². The molecule has 1 aromatic heterocycles. The van der Waals surface area contributed by atoms with Gasteiger partial charge in [-0.15, -0.1) is 0 Å². The standard InChI is InChI=1S/C24H19N7O5S/c1-2-22(32)27-16-5-3-6-17(13-16)28-23-25-15-26-24(30-23)29-18-7-4-8-21(14-18)37(35,36)20-11-9-19(10-12-20)31(33)34/h2-15H,1H2,(H,27,32)(H2,25,26,28,29,30). The van der Waals surface area contributed by atoms with Crippen LogP contribution in [0.4, 0.5) is 34.6 Å². The topological polar surface area (TPSA) is 169 Å². The third-order valence-corrected chi connectivity index (χ3v) is 6.67. The van der Waals surface area contributed by atoms with Crippen LogP contribution in [-0.4, -0.2) is 34.2 Å². The number of anilines is 5. The summed E-state index contributed by atoms with van der Waals surface area (Å²) in [6.45, 7) is 3.42. The average Bonchev–Trinajstić information content (AvgIpc) is 2.89. The first kappa shape index (κ1) is 24.9. The van der Waals surface area contributed by atoms with Gasteiger partial charge in [0.1, 0.15) is 6.33 Å². The third kappa shape index (κ3) is 6.10. The Morgan fingerprint density at radius 1 is 0.865 bits per heavy atom. The molecule has 3 aromatic carbocycles. The van der Waals surface area contributed by atoms with Crippen LogP contribution in [0.5, 0.6) is 0 Å². The lowest BCUT2D eigenvalue weighted by Crippen LogP contribution is -2.07. The van der Waals surface area contributed by atoms with E-state index in [-0.39, 0.29) is 33.3 Å². The molecule has 0 atom stereocenters. The number of amides is 1. The zero-order valence-corrected chi connectivity index (χ0v) is 19.8. The fraction of sp³-hybridized carbons (Fsp3) is 0. The summed E-state index contributed by atoms with van der Waals surface area (Å²) in [6, 6.07) is 17.5. The Kier molecular flexibility index (Phi) is 7.16. The molecule has 3 N–H and O–H groups in total. The first-order valence-corrected chi connectivity index (χ1v) is 12.1. The first-order valence-electron chi connectivity index (χ1n) is 10.6. The second kappa shape index (κ2) is 10.6. The fourth-order valence-corrected chi connectivity index (χ4v) is 4.47. The Morgan fingerprint density at radius 3 is 2.08 bits per heavy atom. The summed E-state index contributed by atoms with van der Waals surface area (Å²) in [4.78, 5) is 34.1. The maximum atomic E-state index is 13.0. The Hall–Kier alpha value is -5.17. The van der Waals surface area contributed by atoms with Crippen LogP contribution in [0.15, 0.2) is 102 Å². The molecule has 0 fully saturated rings. The molecule has 4 rings (SSSR count). The minimum Gasteiger partial charge on any atom is -0.324 e. The molecule has 37 heavy (non-hydrogen) atoms. The molecular weight excluding hydrogens is 498 g/mol. The van der Waals surface area contributed by atoms with E-state index in [9.17, 15) is 23.3 Å². The number of nitro benzene ring substituents is 1. The van der Waals surface area contributed by atoms with Crippen molar-refractivity contribution in [3.8, 4) is 0 Å². The quantitative estimate of drug-likeness (QED) is 0.166. The van der Waals surface area contributed by atoms with Crippen molar-refractivity contribution in [2.24, 2.45) is 0 Å². The number of nitrogens with zero attached hydrogens (tertiary/aromatic N) is 4. The molecule has 1 amide bonds. The van der Waals surface area contributed by atoms with Gasteiger partial charge in [-0.3, -0.25) is 14.9 Å². The second-order valence-corrected chi connectivity index (χ2v) is 9.39. The fourth-order valence-electron chi connectivity index (χ4n) is 3.17. The molecule has 0 aliphatic heterocycles. The number of carbonyl (C=O) groups excluding carboxylic acids is 1. The highest BCUT2D eigenvalue weighted by Crippen LogP contribution is 2.26.